The molecule has 1 atom stereocenters. The zero-order valence-corrected chi connectivity index (χ0v) is 19.6. The number of rotatable bonds is 10. The summed E-state index contributed by atoms with van der Waals surface area (Å²) in [7, 11) is -5.50. The Morgan fingerprint density at radius 1 is 1.17 bits per heavy atom. The van der Waals surface area contributed by atoms with Crippen molar-refractivity contribution >= 4 is 28.2 Å². The van der Waals surface area contributed by atoms with Crippen molar-refractivity contribution in [3.05, 3.63) is 0 Å². The Bertz CT molecular complexity index is 598. The summed E-state index contributed by atoms with van der Waals surface area (Å²) in [5.74, 6) is -0.408. The Labute approximate surface area is 178 Å². The molecule has 3 heterocycles. The first-order valence-corrected chi connectivity index (χ1v) is 14.2. The lowest BCUT2D eigenvalue weighted by atomic mass is 10.3. The van der Waals surface area contributed by atoms with Crippen LogP contribution < -0.4 is 0 Å². The average molecular weight is 469 g/mol. The highest BCUT2D eigenvalue weighted by Crippen LogP contribution is 2.44. The van der Waals surface area contributed by atoms with Crippen LogP contribution in [0.15, 0.2) is 0 Å². The topological polar surface area (TPSA) is 124 Å². The van der Waals surface area contributed by atoms with Crippen molar-refractivity contribution in [2.24, 2.45) is 0 Å². The summed E-state index contributed by atoms with van der Waals surface area (Å²) in [5, 5.41) is 0. The number of hydrogen-bond acceptors (Lipinski definition) is 9. The van der Waals surface area contributed by atoms with Crippen LogP contribution >= 0.6 is 7.37 Å². The van der Waals surface area contributed by atoms with Gasteiger partial charge in [-0.25, -0.2) is 4.79 Å². The largest absolute Gasteiger partial charge is 0.501 e. The van der Waals surface area contributed by atoms with Crippen molar-refractivity contribution in [2.45, 2.75) is 25.8 Å². The Hall–Kier alpha value is -1.01. The van der Waals surface area contributed by atoms with Gasteiger partial charge in [-0.1, -0.05) is 0 Å². The number of carbonyl (C=O) groups excluding carboxylic acids is 2. The van der Waals surface area contributed by atoms with Crippen molar-refractivity contribution < 1.29 is 41.8 Å². The molecule has 0 aromatic carbocycles. The number of ether oxygens (including phenoxy) is 2. The molecule has 13 heteroatoms. The highest BCUT2D eigenvalue weighted by molar-refractivity contribution is 7.58. The van der Waals surface area contributed by atoms with Gasteiger partial charge in [-0.15, -0.1) is 0 Å². The minimum Gasteiger partial charge on any atom is -0.469 e. The SMILES string of the molecule is CCOC(=O)N(CCCC(=O)OC)CP(=O)(O)CC[Si]12OCCN(CCO1)CCO2. The van der Waals surface area contributed by atoms with Gasteiger partial charge in [0.25, 0.3) is 0 Å². The number of esters is 1. The molecule has 0 aromatic heterocycles. The van der Waals surface area contributed by atoms with Gasteiger partial charge in [0.15, 0.2) is 0 Å². The summed E-state index contributed by atoms with van der Waals surface area (Å²) < 4.78 is 40.2. The lowest BCUT2D eigenvalue weighted by molar-refractivity contribution is -0.140. The first-order valence-electron chi connectivity index (χ1n) is 10.2. The third-order valence-electron chi connectivity index (χ3n) is 4.91. The molecule has 0 saturated carbocycles. The van der Waals surface area contributed by atoms with E-state index < -0.39 is 28.2 Å². The summed E-state index contributed by atoms with van der Waals surface area (Å²) in [6, 6.07) is 0.208. The number of methoxy groups -OCH3 is 1. The molecule has 0 spiro atoms. The van der Waals surface area contributed by atoms with Gasteiger partial charge in [0.05, 0.1) is 33.5 Å². The van der Waals surface area contributed by atoms with Crippen LogP contribution in [0, 0.1) is 0 Å². The Balaban J connectivity index is 1.95. The molecule has 11 nitrogen and oxygen atoms in total. The summed E-state index contributed by atoms with van der Waals surface area (Å²) in [4.78, 5) is 37.4. The smallest absolute Gasteiger partial charge is 0.469 e. The van der Waals surface area contributed by atoms with Gasteiger partial charge in [0.2, 0.25) is 7.37 Å². The Morgan fingerprint density at radius 3 is 2.30 bits per heavy atom. The third kappa shape index (κ3) is 8.25. The number of carbonyl (C=O) groups is 2. The fourth-order valence-electron chi connectivity index (χ4n) is 3.27. The van der Waals surface area contributed by atoms with Crippen molar-refractivity contribution in [2.75, 3.05) is 72.2 Å². The third-order valence-corrected chi connectivity index (χ3v) is 9.83. The zero-order chi connectivity index (χ0) is 22.0. The molecule has 0 aliphatic carbocycles. The van der Waals surface area contributed by atoms with Gasteiger partial charge in [0.1, 0.15) is 6.29 Å². The number of hydrogen-bond donors (Lipinski definition) is 1. The van der Waals surface area contributed by atoms with E-state index in [1.165, 1.54) is 12.0 Å². The molecule has 1 N–H and O–H groups in total. The molecule has 1 amide bonds. The molecule has 1 unspecified atom stereocenters. The zero-order valence-electron chi connectivity index (χ0n) is 17.7. The maximum atomic E-state index is 12.9. The van der Waals surface area contributed by atoms with Crippen LogP contribution in [0.1, 0.15) is 19.8 Å². The predicted octanol–water partition coefficient (Wildman–Crippen LogP) is 0.944. The van der Waals surface area contributed by atoms with E-state index in [2.05, 4.69) is 9.64 Å². The van der Waals surface area contributed by atoms with Gasteiger partial charge >= 0.3 is 20.9 Å². The van der Waals surface area contributed by atoms with Crippen LogP contribution in [0.3, 0.4) is 0 Å². The van der Waals surface area contributed by atoms with E-state index >= 15 is 0 Å². The highest BCUT2D eigenvalue weighted by Gasteiger charge is 2.45. The lowest BCUT2D eigenvalue weighted by Crippen LogP contribution is -2.55. The Morgan fingerprint density at radius 2 is 1.77 bits per heavy atom. The van der Waals surface area contributed by atoms with Crippen molar-refractivity contribution in [3.8, 4) is 0 Å². The molecule has 3 aliphatic heterocycles. The summed E-state index contributed by atoms with van der Waals surface area (Å²) in [5.41, 5.74) is 0. The second-order valence-corrected chi connectivity index (χ2v) is 12.3. The monoisotopic (exact) mass is 468 g/mol. The fraction of sp³-hybridized carbons (Fsp3) is 0.882. The molecule has 0 radical (unpaired) electrons. The van der Waals surface area contributed by atoms with Gasteiger partial charge < -0.3 is 27.6 Å². The molecule has 174 valence electrons. The van der Waals surface area contributed by atoms with E-state index in [9.17, 15) is 19.0 Å². The molecule has 30 heavy (non-hydrogen) atoms. The second kappa shape index (κ2) is 12.1. The Kier molecular flexibility index (Phi) is 10.2. The molecular weight excluding hydrogens is 435 g/mol. The van der Waals surface area contributed by atoms with Gasteiger partial charge in [-0.2, -0.15) is 0 Å². The molecule has 3 fully saturated rings. The van der Waals surface area contributed by atoms with Crippen LogP contribution in [-0.4, -0.2) is 108 Å². The molecular formula is C17H33N2O9PSi. The van der Waals surface area contributed by atoms with E-state index in [1.54, 1.807) is 6.92 Å². The predicted molar refractivity (Wildman–Crippen MR) is 109 cm³/mol. The molecule has 3 aliphatic rings. The van der Waals surface area contributed by atoms with Gasteiger partial charge in [-0.3, -0.25) is 19.2 Å². The standard InChI is InChI=1S/C17H33N2O9PSi/c1-3-25-17(21)19(6-4-5-16(20)24-2)15-29(22,23)13-14-30-26-10-7-18(8-11-27-30)9-12-28-30/h3-15H2,1-2H3,(H,22,23). The van der Waals surface area contributed by atoms with Crippen LogP contribution in [0.4, 0.5) is 4.79 Å². The number of fused-ring (bicyclic) bond motifs is 6. The summed E-state index contributed by atoms with van der Waals surface area (Å²) >= 11 is 0. The normalized spacial score (nSPS) is 26.0. The van der Waals surface area contributed by atoms with Crippen molar-refractivity contribution in [3.63, 3.8) is 0 Å². The maximum Gasteiger partial charge on any atom is 0.501 e. The van der Waals surface area contributed by atoms with E-state index in [0.29, 0.717) is 26.2 Å². The quantitative estimate of drug-likeness (QED) is 0.281. The van der Waals surface area contributed by atoms with Crippen LogP contribution in [0.2, 0.25) is 6.04 Å². The minimum atomic E-state index is -3.75. The van der Waals surface area contributed by atoms with E-state index in [4.69, 9.17) is 18.0 Å². The van der Waals surface area contributed by atoms with Crippen molar-refractivity contribution in [1.29, 1.82) is 0 Å². The maximum absolute atomic E-state index is 12.9. The lowest BCUT2D eigenvalue weighted by Gasteiger charge is -2.38. The minimum absolute atomic E-state index is 0.0875. The van der Waals surface area contributed by atoms with Crippen LogP contribution in [-0.2, 0) is 32.1 Å². The molecule has 3 rings (SSSR count). The first-order chi connectivity index (χ1) is 14.3. The van der Waals surface area contributed by atoms with Crippen molar-refractivity contribution in [1.82, 2.24) is 9.80 Å². The fourth-order valence-corrected chi connectivity index (χ4v) is 8.58. The molecule has 2 bridgehead atoms. The van der Waals surface area contributed by atoms with E-state index in [-0.39, 0.29) is 38.1 Å². The van der Waals surface area contributed by atoms with Crippen LogP contribution in [0.25, 0.3) is 0 Å². The number of amides is 1. The summed E-state index contributed by atoms with van der Waals surface area (Å²) in [6.45, 7) is 5.66. The summed E-state index contributed by atoms with van der Waals surface area (Å²) in [6.07, 6.45) is -0.741. The van der Waals surface area contributed by atoms with E-state index in [0.717, 1.165) is 19.6 Å². The first kappa shape index (κ1) is 25.2. The molecule has 3 saturated heterocycles. The van der Waals surface area contributed by atoms with E-state index in [1.807, 2.05) is 0 Å². The number of nitrogens with zero attached hydrogens (tertiary/aromatic N) is 2. The van der Waals surface area contributed by atoms with Crippen LogP contribution in [0.5, 0.6) is 0 Å². The highest BCUT2D eigenvalue weighted by atomic mass is 31.2. The average Bonchev–Trinajstić information content (AvgIpc) is 2.65. The molecule has 0 aromatic rings. The van der Waals surface area contributed by atoms with Gasteiger partial charge in [0, 0.05) is 44.8 Å². The van der Waals surface area contributed by atoms with Gasteiger partial charge in [-0.05, 0) is 13.3 Å². The second-order valence-electron chi connectivity index (χ2n) is 7.17.